The number of hydrogen-bond acceptors (Lipinski definition) is 2. The highest BCUT2D eigenvalue weighted by molar-refractivity contribution is 5.92. The molecule has 2 aliphatic rings. The van der Waals surface area contributed by atoms with E-state index in [1.54, 1.807) is 72.8 Å². The summed E-state index contributed by atoms with van der Waals surface area (Å²) < 4.78 is 126. The van der Waals surface area contributed by atoms with Crippen LogP contribution in [0.2, 0.25) is 0 Å². The average molecular weight is 1170 g/mol. The molecule has 0 saturated carbocycles. The Kier molecular flexibility index (Phi) is 13.5. The molecule has 0 spiro atoms. The largest absolute Gasteiger partial charge is 0.310 e. The summed E-state index contributed by atoms with van der Waals surface area (Å²) in [5, 5.41) is 0. The number of nitrogens with zero attached hydrogens (tertiary/aromatic N) is 2. The fraction of sp³-hybridized carbons (Fsp3) is 0.0256. The van der Waals surface area contributed by atoms with Crippen LogP contribution in [0.15, 0.2) is 268 Å². The molecule has 12 aromatic rings. The van der Waals surface area contributed by atoms with E-state index in [1.807, 2.05) is 192 Å². The zero-order valence-corrected chi connectivity index (χ0v) is 46.7. The van der Waals surface area contributed by atoms with Crippen molar-refractivity contribution in [2.24, 2.45) is 0 Å². The van der Waals surface area contributed by atoms with Crippen LogP contribution in [-0.2, 0) is 10.8 Å². The Balaban J connectivity index is 0.869. The second-order valence-electron chi connectivity index (χ2n) is 21.8. The van der Waals surface area contributed by atoms with Gasteiger partial charge < -0.3 is 9.80 Å². The van der Waals surface area contributed by atoms with Crippen molar-refractivity contribution in [3.05, 3.63) is 370 Å². The molecule has 2 atom stereocenters. The van der Waals surface area contributed by atoms with Crippen LogP contribution < -0.4 is 9.80 Å². The highest BCUT2D eigenvalue weighted by Crippen LogP contribution is 2.60. The summed E-state index contributed by atoms with van der Waals surface area (Å²) in [6.07, 6.45) is 3.32. The van der Waals surface area contributed by atoms with Gasteiger partial charge in [-0.05, 0) is 163 Å². The van der Waals surface area contributed by atoms with E-state index in [9.17, 15) is 8.78 Å². The van der Waals surface area contributed by atoms with Crippen LogP contribution in [-0.4, -0.2) is 0 Å². The summed E-state index contributed by atoms with van der Waals surface area (Å²) in [5.74, 6) is -13.7. The van der Waals surface area contributed by atoms with Gasteiger partial charge in [0.25, 0.3) is 0 Å². The molecule has 2 unspecified atom stereocenters. The SMILES string of the molecule is C=Cc1ccc(C2(c3cc(F)c(F)c(F)c3F)c3ccccc3-c3ccc(N(c4ccccc4)c4ccc(-c5ccc(N(c6ccccc6)c6ccc7c(c6)C(c6ccc(C=C)cc6)(c6cc(F)c(F)c(F)c6F)c6ccccc6-7)cc5)cc4)cc32)cc1. The number of fused-ring (bicyclic) bond motifs is 6. The standard InChI is InChI=1S/C78H48F8N2/c1-3-47-23-31-51(32-24-47)77(67-45-69(79)73(83)75(85)71(67)81)63-21-13-11-19-59(63)61-41-39-57(43-65(61)77)87(53-15-7-5-8-16-53)55-35-27-49(28-36-55)50-29-37-56(38-30-50)88(54-17-9-6-10-18-54)58-40-42-62-60-20-12-14-22-64(60)78(66(62)44-58,52-33-25-48(4-2)26-34-52)68-46-70(80)74(84)76(86)72(68)82/h3-46H,1-2H2. The van der Waals surface area contributed by atoms with Crippen molar-refractivity contribution >= 4 is 46.3 Å². The molecule has 2 aliphatic carbocycles. The van der Waals surface area contributed by atoms with E-state index in [2.05, 4.69) is 13.2 Å². The van der Waals surface area contributed by atoms with Gasteiger partial charge in [0.05, 0.1) is 10.8 Å². The minimum atomic E-state index is -1.91. The van der Waals surface area contributed by atoms with Gasteiger partial charge in [-0.2, -0.15) is 0 Å². The van der Waals surface area contributed by atoms with Crippen molar-refractivity contribution in [2.75, 3.05) is 9.80 Å². The van der Waals surface area contributed by atoms with Crippen LogP contribution >= 0.6 is 0 Å². The van der Waals surface area contributed by atoms with Crippen LogP contribution in [0.25, 0.3) is 45.5 Å². The quantitative estimate of drug-likeness (QED) is 0.0645. The van der Waals surface area contributed by atoms with Crippen molar-refractivity contribution in [3.8, 4) is 33.4 Å². The lowest BCUT2D eigenvalue weighted by Gasteiger charge is -2.35. The third-order valence-electron chi connectivity index (χ3n) is 17.4. The smallest absolute Gasteiger partial charge is 0.197 e. The molecule has 0 bridgehead atoms. The van der Waals surface area contributed by atoms with Gasteiger partial charge in [-0.15, -0.1) is 0 Å². The lowest BCUT2D eigenvalue weighted by Crippen LogP contribution is -2.31. The lowest BCUT2D eigenvalue weighted by atomic mass is 9.67. The predicted octanol–water partition coefficient (Wildman–Crippen LogP) is 21.4. The summed E-state index contributed by atoms with van der Waals surface area (Å²) in [4.78, 5) is 4.08. The molecule has 0 radical (unpaired) electrons. The Hall–Kier alpha value is -10.8. The minimum Gasteiger partial charge on any atom is -0.310 e. The van der Waals surface area contributed by atoms with Crippen molar-refractivity contribution < 1.29 is 35.1 Å². The molecule has 2 nitrogen and oxygen atoms in total. The molecule has 12 aromatic carbocycles. The normalized spacial score (nSPS) is 15.2. The number of para-hydroxylation sites is 2. The zero-order valence-electron chi connectivity index (χ0n) is 46.7. The molecule has 10 heteroatoms. The van der Waals surface area contributed by atoms with Crippen LogP contribution in [0, 0.1) is 46.5 Å². The minimum absolute atomic E-state index is 0.382. The van der Waals surface area contributed by atoms with Gasteiger partial charge >= 0.3 is 0 Å². The highest BCUT2D eigenvalue weighted by atomic mass is 19.2. The molecule has 14 rings (SSSR count). The van der Waals surface area contributed by atoms with E-state index in [0.717, 1.165) is 68.3 Å². The molecule has 0 saturated heterocycles. The Morgan fingerprint density at radius 2 is 0.580 bits per heavy atom. The lowest BCUT2D eigenvalue weighted by molar-refractivity contribution is 0.399. The fourth-order valence-electron chi connectivity index (χ4n) is 13.4. The summed E-state index contributed by atoms with van der Waals surface area (Å²) >= 11 is 0. The number of halogens is 8. The molecule has 88 heavy (non-hydrogen) atoms. The maximum atomic E-state index is 16.8. The first-order chi connectivity index (χ1) is 42.9. The van der Waals surface area contributed by atoms with Gasteiger partial charge in [0.2, 0.25) is 0 Å². The van der Waals surface area contributed by atoms with Crippen molar-refractivity contribution in [1.29, 1.82) is 0 Å². The van der Waals surface area contributed by atoms with Gasteiger partial charge in [-0.25, -0.2) is 35.1 Å². The molecular weight excluding hydrogens is 1120 g/mol. The second kappa shape index (κ2) is 21.6. The third kappa shape index (κ3) is 8.45. The molecule has 426 valence electrons. The van der Waals surface area contributed by atoms with Crippen LogP contribution in [0.1, 0.15) is 55.6 Å². The van der Waals surface area contributed by atoms with E-state index in [-0.39, 0.29) is 11.1 Å². The summed E-state index contributed by atoms with van der Waals surface area (Å²) in [6.45, 7) is 7.79. The van der Waals surface area contributed by atoms with Crippen molar-refractivity contribution in [2.45, 2.75) is 10.8 Å². The molecule has 0 heterocycles. The van der Waals surface area contributed by atoms with Gasteiger partial charge in [0.1, 0.15) is 0 Å². The fourth-order valence-corrected chi connectivity index (χ4v) is 13.4. The Bertz CT molecular complexity index is 4440. The first-order valence-electron chi connectivity index (χ1n) is 28.4. The zero-order chi connectivity index (χ0) is 60.6. The predicted molar refractivity (Wildman–Crippen MR) is 336 cm³/mol. The molecule has 0 amide bonds. The summed E-state index contributed by atoms with van der Waals surface area (Å²) in [7, 11) is 0. The van der Waals surface area contributed by atoms with E-state index in [1.165, 1.54) is 0 Å². The van der Waals surface area contributed by atoms with Gasteiger partial charge in [0, 0.05) is 45.3 Å². The van der Waals surface area contributed by atoms with E-state index in [0.29, 0.717) is 55.9 Å². The molecular formula is C78H48F8N2. The Labute approximate surface area is 503 Å². The maximum Gasteiger partial charge on any atom is 0.197 e. The van der Waals surface area contributed by atoms with E-state index in [4.69, 9.17) is 0 Å². The monoisotopic (exact) mass is 1160 g/mol. The van der Waals surface area contributed by atoms with Gasteiger partial charge in [-0.1, -0.05) is 195 Å². The van der Waals surface area contributed by atoms with Crippen LogP contribution in [0.3, 0.4) is 0 Å². The first kappa shape index (κ1) is 55.1. The summed E-state index contributed by atoms with van der Waals surface area (Å²) in [6, 6.07) is 77.4. The highest BCUT2D eigenvalue weighted by Gasteiger charge is 2.51. The number of anilines is 6. The van der Waals surface area contributed by atoms with E-state index >= 15 is 26.3 Å². The summed E-state index contributed by atoms with van der Waals surface area (Å²) in [5.41, 5.74) is 9.57. The van der Waals surface area contributed by atoms with Crippen molar-refractivity contribution in [1.82, 2.24) is 0 Å². The maximum absolute atomic E-state index is 16.8. The van der Waals surface area contributed by atoms with Crippen LogP contribution in [0.4, 0.5) is 69.2 Å². The van der Waals surface area contributed by atoms with E-state index < -0.39 is 57.4 Å². The number of hydrogen-bond donors (Lipinski definition) is 0. The third-order valence-corrected chi connectivity index (χ3v) is 17.4. The Morgan fingerprint density at radius 1 is 0.261 bits per heavy atom. The molecule has 0 aliphatic heterocycles. The van der Waals surface area contributed by atoms with Gasteiger partial charge in [0.15, 0.2) is 46.5 Å². The second-order valence-corrected chi connectivity index (χ2v) is 21.8. The first-order valence-corrected chi connectivity index (χ1v) is 28.4. The van der Waals surface area contributed by atoms with Crippen molar-refractivity contribution in [3.63, 3.8) is 0 Å². The molecule has 0 aromatic heterocycles. The molecule has 0 fully saturated rings. The molecule has 0 N–H and O–H groups in total. The number of benzene rings is 12. The number of rotatable bonds is 13. The topological polar surface area (TPSA) is 6.48 Å². The van der Waals surface area contributed by atoms with Gasteiger partial charge in [-0.3, -0.25) is 0 Å². The van der Waals surface area contributed by atoms with Crippen LogP contribution in [0.5, 0.6) is 0 Å². The Morgan fingerprint density at radius 3 is 0.943 bits per heavy atom. The average Bonchev–Trinajstić information content (AvgIpc) is 1.53.